The van der Waals surface area contributed by atoms with Gasteiger partial charge < -0.3 is 0 Å². The number of hydrogen-bond donors (Lipinski definition) is 0. The molecule has 0 heterocycles. The van der Waals surface area contributed by atoms with Crippen LogP contribution in [0.1, 0.15) is 5.56 Å². The van der Waals surface area contributed by atoms with E-state index in [9.17, 15) is 0 Å². The Bertz CT molecular complexity index is 1770. The lowest BCUT2D eigenvalue weighted by atomic mass is 9.87. The standard InChI is InChI=1S/C30H15BrN2/c1-33-22-10-6-20(7-11-22)27-16-28(31)26-15-14-24-23(19-4-2-18(17-32)3-5-19)12-8-21-9-13-25(27)30(26)29(21)24/h2-16H. The third kappa shape index (κ3) is 2.99. The Morgan fingerprint density at radius 3 is 2.00 bits per heavy atom. The molecule has 0 bridgehead atoms. The van der Waals surface area contributed by atoms with E-state index in [0.29, 0.717) is 11.3 Å². The summed E-state index contributed by atoms with van der Waals surface area (Å²) in [7, 11) is 0. The SMILES string of the molecule is [C-]#[N+]c1ccc(-c2cc(Br)c3ccc4c(-c5ccc(C#N)cc5)ccc5ccc2c3c54)cc1. The van der Waals surface area contributed by atoms with Gasteiger partial charge in [0.1, 0.15) is 0 Å². The molecule has 0 fully saturated rings. The minimum absolute atomic E-state index is 0.641. The molecule has 3 heteroatoms. The van der Waals surface area contributed by atoms with Gasteiger partial charge in [-0.25, -0.2) is 4.85 Å². The molecule has 0 N–H and O–H groups in total. The largest absolute Gasteiger partial charge is 0.238 e. The summed E-state index contributed by atoms with van der Waals surface area (Å²) in [4.78, 5) is 3.52. The van der Waals surface area contributed by atoms with Crippen LogP contribution in [0.2, 0.25) is 0 Å². The fraction of sp³-hybridized carbons (Fsp3) is 0. The van der Waals surface area contributed by atoms with E-state index in [1.165, 1.54) is 32.3 Å². The van der Waals surface area contributed by atoms with E-state index in [-0.39, 0.29) is 0 Å². The number of nitriles is 1. The average molecular weight is 483 g/mol. The van der Waals surface area contributed by atoms with Gasteiger partial charge in [-0.05, 0) is 72.8 Å². The monoisotopic (exact) mass is 482 g/mol. The molecule has 0 spiro atoms. The first-order valence-electron chi connectivity index (χ1n) is 10.6. The summed E-state index contributed by atoms with van der Waals surface area (Å²) in [6.45, 7) is 7.24. The van der Waals surface area contributed by atoms with Crippen molar-refractivity contribution in [2.24, 2.45) is 0 Å². The summed E-state index contributed by atoms with van der Waals surface area (Å²) in [5, 5.41) is 16.4. The van der Waals surface area contributed by atoms with Gasteiger partial charge in [0.25, 0.3) is 0 Å². The lowest BCUT2D eigenvalue weighted by Crippen LogP contribution is -1.90. The van der Waals surface area contributed by atoms with Crippen LogP contribution >= 0.6 is 15.9 Å². The van der Waals surface area contributed by atoms with Crippen molar-refractivity contribution in [3.05, 3.63) is 112 Å². The van der Waals surface area contributed by atoms with Crippen molar-refractivity contribution in [2.45, 2.75) is 0 Å². The van der Waals surface area contributed by atoms with Gasteiger partial charge in [0.2, 0.25) is 0 Å². The van der Waals surface area contributed by atoms with Crippen molar-refractivity contribution in [3.63, 3.8) is 0 Å². The van der Waals surface area contributed by atoms with Crippen LogP contribution in [0.5, 0.6) is 0 Å². The zero-order valence-corrected chi connectivity index (χ0v) is 19.0. The molecule has 0 atom stereocenters. The Hall–Kier alpha value is -4.18. The second-order valence-electron chi connectivity index (χ2n) is 8.11. The van der Waals surface area contributed by atoms with Crippen molar-refractivity contribution < 1.29 is 0 Å². The van der Waals surface area contributed by atoms with Crippen LogP contribution in [0.25, 0.3) is 59.4 Å². The van der Waals surface area contributed by atoms with Crippen LogP contribution in [-0.4, -0.2) is 0 Å². The number of benzene rings is 6. The van der Waals surface area contributed by atoms with E-state index in [1.54, 1.807) is 0 Å². The summed E-state index contributed by atoms with van der Waals surface area (Å²) < 4.78 is 1.05. The van der Waals surface area contributed by atoms with Crippen LogP contribution in [0, 0.1) is 17.9 Å². The summed E-state index contributed by atoms with van der Waals surface area (Å²) in [6, 6.07) is 33.1. The van der Waals surface area contributed by atoms with Crippen LogP contribution in [0.15, 0.2) is 95.5 Å². The maximum absolute atomic E-state index is 9.16. The number of rotatable bonds is 2. The van der Waals surface area contributed by atoms with Crippen molar-refractivity contribution in [1.82, 2.24) is 0 Å². The van der Waals surface area contributed by atoms with Crippen LogP contribution in [-0.2, 0) is 0 Å². The third-order valence-electron chi connectivity index (χ3n) is 6.36. The van der Waals surface area contributed by atoms with Gasteiger partial charge in [-0.2, -0.15) is 5.26 Å². The van der Waals surface area contributed by atoms with Gasteiger partial charge in [0.05, 0.1) is 18.2 Å². The second kappa shape index (κ2) is 7.45. The summed E-state index contributed by atoms with van der Waals surface area (Å²) in [6.07, 6.45) is 0. The van der Waals surface area contributed by atoms with E-state index in [2.05, 4.69) is 69.3 Å². The minimum atomic E-state index is 0.641. The molecule has 6 rings (SSSR count). The zero-order chi connectivity index (χ0) is 22.5. The van der Waals surface area contributed by atoms with Gasteiger partial charge in [0.15, 0.2) is 5.69 Å². The first-order chi connectivity index (χ1) is 16.2. The van der Waals surface area contributed by atoms with E-state index < -0.39 is 0 Å². The molecular weight excluding hydrogens is 468 g/mol. The highest BCUT2D eigenvalue weighted by Gasteiger charge is 2.16. The van der Waals surface area contributed by atoms with E-state index in [0.717, 1.165) is 26.7 Å². The normalized spacial score (nSPS) is 11.1. The molecule has 2 nitrogen and oxygen atoms in total. The molecule has 6 aromatic rings. The lowest BCUT2D eigenvalue weighted by molar-refractivity contribution is 1.48. The molecule has 152 valence electrons. The van der Waals surface area contributed by atoms with E-state index in [1.807, 2.05) is 48.5 Å². The molecule has 0 saturated carbocycles. The molecule has 0 aliphatic carbocycles. The molecule has 0 aromatic heterocycles. The Labute approximate surface area is 199 Å². The topological polar surface area (TPSA) is 28.1 Å². The minimum Gasteiger partial charge on any atom is -0.238 e. The quantitative estimate of drug-likeness (QED) is 0.178. The number of hydrogen-bond acceptors (Lipinski definition) is 1. The van der Waals surface area contributed by atoms with E-state index in [4.69, 9.17) is 11.8 Å². The van der Waals surface area contributed by atoms with Gasteiger partial charge in [-0.1, -0.05) is 88.7 Å². The lowest BCUT2D eigenvalue weighted by Gasteiger charge is -2.17. The number of halogens is 1. The van der Waals surface area contributed by atoms with Crippen LogP contribution < -0.4 is 0 Å². The molecule has 33 heavy (non-hydrogen) atoms. The Morgan fingerprint density at radius 1 is 0.667 bits per heavy atom. The second-order valence-corrected chi connectivity index (χ2v) is 8.97. The molecule has 6 aromatic carbocycles. The summed E-state index contributed by atoms with van der Waals surface area (Å²) in [5.41, 5.74) is 5.79. The highest BCUT2D eigenvalue weighted by atomic mass is 79.9. The van der Waals surface area contributed by atoms with Crippen molar-refractivity contribution >= 4 is 53.9 Å². The molecule has 0 saturated heterocycles. The van der Waals surface area contributed by atoms with Gasteiger partial charge in [-0.3, -0.25) is 0 Å². The number of nitrogens with zero attached hydrogens (tertiary/aromatic N) is 2. The molecule has 0 aliphatic heterocycles. The summed E-state index contributed by atoms with van der Waals surface area (Å²) in [5.74, 6) is 0. The molecule has 0 unspecified atom stereocenters. The Balaban J connectivity index is 1.69. The van der Waals surface area contributed by atoms with Gasteiger partial charge in [0, 0.05) is 4.47 Å². The predicted molar refractivity (Wildman–Crippen MR) is 140 cm³/mol. The van der Waals surface area contributed by atoms with Crippen LogP contribution in [0.4, 0.5) is 5.69 Å². The predicted octanol–water partition coefficient (Wildman–Crippen LogP) is 9.10. The first kappa shape index (κ1) is 19.5. The average Bonchev–Trinajstić information content (AvgIpc) is 2.88. The van der Waals surface area contributed by atoms with Crippen molar-refractivity contribution in [1.29, 1.82) is 5.26 Å². The third-order valence-corrected chi connectivity index (χ3v) is 7.02. The highest BCUT2D eigenvalue weighted by Crippen LogP contribution is 2.44. The zero-order valence-electron chi connectivity index (χ0n) is 17.4. The smallest absolute Gasteiger partial charge is 0.187 e. The molecular formula is C30H15BrN2. The van der Waals surface area contributed by atoms with Gasteiger partial charge >= 0.3 is 0 Å². The Morgan fingerprint density at radius 2 is 1.27 bits per heavy atom. The molecule has 0 amide bonds. The van der Waals surface area contributed by atoms with Crippen molar-refractivity contribution in [3.8, 4) is 28.3 Å². The van der Waals surface area contributed by atoms with Gasteiger partial charge in [-0.15, -0.1) is 0 Å². The van der Waals surface area contributed by atoms with Crippen molar-refractivity contribution in [2.75, 3.05) is 0 Å². The maximum Gasteiger partial charge on any atom is 0.187 e. The highest BCUT2D eigenvalue weighted by molar-refractivity contribution is 9.10. The first-order valence-corrected chi connectivity index (χ1v) is 11.4. The van der Waals surface area contributed by atoms with Crippen LogP contribution in [0.3, 0.4) is 0 Å². The fourth-order valence-corrected chi connectivity index (χ4v) is 5.34. The molecule has 0 radical (unpaired) electrons. The Kier molecular flexibility index (Phi) is 4.40. The summed E-state index contributed by atoms with van der Waals surface area (Å²) >= 11 is 3.82. The van der Waals surface area contributed by atoms with E-state index >= 15 is 0 Å². The fourth-order valence-electron chi connectivity index (χ4n) is 4.78. The maximum atomic E-state index is 9.16. The molecule has 0 aliphatic rings.